The minimum Gasteiger partial charge on any atom is -0.494 e. The molecule has 0 bridgehead atoms. The van der Waals surface area contributed by atoms with Crippen molar-refractivity contribution < 1.29 is 19.1 Å². The van der Waals surface area contributed by atoms with Crippen LogP contribution in [0.2, 0.25) is 0 Å². The maximum atomic E-state index is 12.0. The Balaban J connectivity index is 1.85. The number of nitrogens with one attached hydrogen (secondary N) is 1. The third-order valence-corrected chi connectivity index (χ3v) is 3.96. The molecule has 0 unspecified atom stereocenters. The molecule has 1 saturated heterocycles. The number of hydrogen-bond acceptors (Lipinski definition) is 4. The lowest BCUT2D eigenvalue weighted by atomic mass is 10.2. The maximum absolute atomic E-state index is 12.0. The first-order valence-corrected chi connectivity index (χ1v) is 8.37. The second kappa shape index (κ2) is 8.47. The summed E-state index contributed by atoms with van der Waals surface area (Å²) in [5, 5.41) is 2.81. The molecule has 0 saturated carbocycles. The highest BCUT2D eigenvalue weighted by Crippen LogP contribution is 2.22. The van der Waals surface area contributed by atoms with Gasteiger partial charge in [0, 0.05) is 31.5 Å². The fourth-order valence-electron chi connectivity index (χ4n) is 2.50. The van der Waals surface area contributed by atoms with E-state index >= 15 is 0 Å². The Hall–Kier alpha value is -2.37. The first-order chi connectivity index (χ1) is 11.5. The molecule has 1 aliphatic heterocycles. The van der Waals surface area contributed by atoms with Crippen LogP contribution in [0.1, 0.15) is 44.6 Å². The van der Waals surface area contributed by atoms with Crippen LogP contribution in [0.4, 0.5) is 5.69 Å². The summed E-state index contributed by atoms with van der Waals surface area (Å²) < 4.78 is 5.63. The van der Waals surface area contributed by atoms with Gasteiger partial charge in [0.15, 0.2) is 0 Å². The lowest BCUT2D eigenvalue weighted by Crippen LogP contribution is -2.32. The van der Waals surface area contributed by atoms with E-state index in [2.05, 4.69) is 12.2 Å². The quantitative estimate of drug-likeness (QED) is 0.586. The van der Waals surface area contributed by atoms with Gasteiger partial charge in [0.2, 0.25) is 17.7 Å². The van der Waals surface area contributed by atoms with Crippen LogP contribution in [0.25, 0.3) is 0 Å². The SMILES string of the molecule is CCCCOc1ccc(NC(=O)CCN2C(=O)CCC2=O)c(C)c1. The molecule has 6 heteroatoms. The van der Waals surface area contributed by atoms with Crippen molar-refractivity contribution in [3.63, 3.8) is 0 Å². The minimum absolute atomic E-state index is 0.103. The molecule has 1 aromatic carbocycles. The Morgan fingerprint density at radius 2 is 1.96 bits per heavy atom. The van der Waals surface area contributed by atoms with Gasteiger partial charge in [-0.1, -0.05) is 13.3 Å². The van der Waals surface area contributed by atoms with E-state index in [1.807, 2.05) is 19.1 Å². The average molecular weight is 332 g/mol. The van der Waals surface area contributed by atoms with E-state index in [-0.39, 0.29) is 43.5 Å². The zero-order valence-corrected chi connectivity index (χ0v) is 14.3. The van der Waals surface area contributed by atoms with Crippen LogP contribution in [0, 0.1) is 6.92 Å². The van der Waals surface area contributed by atoms with Crippen molar-refractivity contribution in [1.29, 1.82) is 0 Å². The van der Waals surface area contributed by atoms with Crippen LogP contribution in [0.3, 0.4) is 0 Å². The molecule has 130 valence electrons. The summed E-state index contributed by atoms with van der Waals surface area (Å²) >= 11 is 0. The Morgan fingerprint density at radius 3 is 2.58 bits per heavy atom. The fraction of sp³-hybridized carbons (Fsp3) is 0.500. The summed E-state index contributed by atoms with van der Waals surface area (Å²) in [6.07, 6.45) is 2.68. The van der Waals surface area contributed by atoms with Gasteiger partial charge in [-0.3, -0.25) is 19.3 Å². The zero-order valence-electron chi connectivity index (χ0n) is 14.3. The number of carbonyl (C=O) groups is 3. The lowest BCUT2D eigenvalue weighted by molar-refractivity contribution is -0.138. The molecular formula is C18H24N2O4. The van der Waals surface area contributed by atoms with Crippen LogP contribution in [0.15, 0.2) is 18.2 Å². The highest BCUT2D eigenvalue weighted by Gasteiger charge is 2.28. The first-order valence-electron chi connectivity index (χ1n) is 8.37. The van der Waals surface area contributed by atoms with Crippen molar-refractivity contribution in [3.8, 4) is 5.75 Å². The normalized spacial score (nSPS) is 14.2. The summed E-state index contributed by atoms with van der Waals surface area (Å²) in [4.78, 5) is 36.2. The van der Waals surface area contributed by atoms with Crippen LogP contribution < -0.4 is 10.1 Å². The van der Waals surface area contributed by atoms with Crippen LogP contribution in [-0.4, -0.2) is 35.8 Å². The van der Waals surface area contributed by atoms with Gasteiger partial charge < -0.3 is 10.1 Å². The first kappa shape index (κ1) is 18.0. The predicted molar refractivity (Wildman–Crippen MR) is 90.8 cm³/mol. The highest BCUT2D eigenvalue weighted by molar-refractivity contribution is 6.02. The number of benzene rings is 1. The standard InChI is InChI=1S/C18H24N2O4/c1-3-4-11-24-14-5-6-15(13(2)12-14)19-16(21)9-10-20-17(22)7-8-18(20)23/h5-6,12H,3-4,7-11H2,1-2H3,(H,19,21). The number of likely N-dealkylation sites (tertiary alicyclic amines) is 1. The number of rotatable bonds is 8. The number of aryl methyl sites for hydroxylation is 1. The maximum Gasteiger partial charge on any atom is 0.229 e. The summed E-state index contributed by atoms with van der Waals surface area (Å²) in [7, 11) is 0. The molecule has 6 nitrogen and oxygen atoms in total. The number of ether oxygens (including phenoxy) is 1. The molecule has 24 heavy (non-hydrogen) atoms. The lowest BCUT2D eigenvalue weighted by Gasteiger charge is -2.14. The van der Waals surface area contributed by atoms with E-state index in [9.17, 15) is 14.4 Å². The molecule has 1 aliphatic rings. The van der Waals surface area contributed by atoms with E-state index in [0.717, 1.165) is 29.1 Å². The van der Waals surface area contributed by atoms with Crippen molar-refractivity contribution in [3.05, 3.63) is 23.8 Å². The molecule has 0 spiro atoms. The average Bonchev–Trinajstić information content (AvgIpc) is 2.87. The predicted octanol–water partition coefficient (Wildman–Crippen LogP) is 2.65. The molecule has 1 aromatic rings. The second-order valence-electron chi connectivity index (χ2n) is 5.92. The van der Waals surface area contributed by atoms with E-state index < -0.39 is 0 Å². The van der Waals surface area contributed by atoms with E-state index in [0.29, 0.717) is 12.3 Å². The molecule has 0 atom stereocenters. The molecule has 3 amide bonds. The minimum atomic E-state index is -0.217. The molecule has 0 radical (unpaired) electrons. The summed E-state index contributed by atoms with van der Waals surface area (Å²) in [5.41, 5.74) is 1.62. The van der Waals surface area contributed by atoms with Gasteiger partial charge in [-0.2, -0.15) is 0 Å². The number of nitrogens with zero attached hydrogens (tertiary/aromatic N) is 1. The van der Waals surface area contributed by atoms with Crippen molar-refractivity contribution >= 4 is 23.4 Å². The largest absolute Gasteiger partial charge is 0.494 e. The highest BCUT2D eigenvalue weighted by atomic mass is 16.5. The van der Waals surface area contributed by atoms with Crippen LogP contribution in [0.5, 0.6) is 5.75 Å². The van der Waals surface area contributed by atoms with Gasteiger partial charge in [-0.15, -0.1) is 0 Å². The van der Waals surface area contributed by atoms with Crippen molar-refractivity contribution in [2.24, 2.45) is 0 Å². The smallest absolute Gasteiger partial charge is 0.229 e. The fourth-order valence-corrected chi connectivity index (χ4v) is 2.50. The van der Waals surface area contributed by atoms with Gasteiger partial charge in [0.1, 0.15) is 5.75 Å². The van der Waals surface area contributed by atoms with Gasteiger partial charge in [0.05, 0.1) is 6.61 Å². The molecule has 1 fully saturated rings. The number of amides is 3. The third kappa shape index (κ3) is 4.81. The molecule has 2 rings (SSSR count). The Labute approximate surface area is 142 Å². The zero-order chi connectivity index (χ0) is 17.5. The Kier molecular flexibility index (Phi) is 6.35. The number of imide groups is 1. The monoisotopic (exact) mass is 332 g/mol. The number of carbonyl (C=O) groups excluding carboxylic acids is 3. The Morgan fingerprint density at radius 1 is 1.25 bits per heavy atom. The van der Waals surface area contributed by atoms with E-state index in [1.54, 1.807) is 6.07 Å². The van der Waals surface area contributed by atoms with Gasteiger partial charge in [0.25, 0.3) is 0 Å². The van der Waals surface area contributed by atoms with Crippen molar-refractivity contribution in [1.82, 2.24) is 4.90 Å². The summed E-state index contributed by atoms with van der Waals surface area (Å²) in [6, 6.07) is 5.52. The summed E-state index contributed by atoms with van der Waals surface area (Å²) in [6.45, 7) is 4.83. The van der Waals surface area contributed by atoms with E-state index in [4.69, 9.17) is 4.74 Å². The summed E-state index contributed by atoms with van der Waals surface area (Å²) in [5.74, 6) is 0.174. The van der Waals surface area contributed by atoms with Crippen molar-refractivity contribution in [2.75, 3.05) is 18.5 Å². The van der Waals surface area contributed by atoms with Gasteiger partial charge >= 0.3 is 0 Å². The van der Waals surface area contributed by atoms with Crippen LogP contribution >= 0.6 is 0 Å². The second-order valence-corrected chi connectivity index (χ2v) is 5.92. The topological polar surface area (TPSA) is 75.7 Å². The number of anilines is 1. The number of hydrogen-bond donors (Lipinski definition) is 1. The Bertz CT molecular complexity index is 611. The van der Waals surface area contributed by atoms with Crippen LogP contribution in [-0.2, 0) is 14.4 Å². The van der Waals surface area contributed by atoms with E-state index in [1.165, 1.54) is 0 Å². The third-order valence-electron chi connectivity index (χ3n) is 3.96. The molecule has 1 N–H and O–H groups in total. The molecule has 1 heterocycles. The molecule has 0 aliphatic carbocycles. The van der Waals surface area contributed by atoms with Gasteiger partial charge in [-0.25, -0.2) is 0 Å². The molecular weight excluding hydrogens is 308 g/mol. The number of unbranched alkanes of at least 4 members (excludes halogenated alkanes) is 1. The van der Waals surface area contributed by atoms with Gasteiger partial charge in [-0.05, 0) is 37.1 Å². The van der Waals surface area contributed by atoms with Crippen molar-refractivity contribution in [2.45, 2.75) is 46.0 Å². The molecule has 0 aromatic heterocycles.